The van der Waals surface area contributed by atoms with Crippen LogP contribution in [0.5, 0.6) is 11.5 Å². The molecule has 0 fully saturated rings. The van der Waals surface area contributed by atoms with Crippen molar-refractivity contribution in [2.75, 3.05) is 24.4 Å². The number of benzene rings is 2. The highest BCUT2D eigenvalue weighted by atomic mass is 16.5. The maximum atomic E-state index is 12.7. The fourth-order valence-electron chi connectivity index (χ4n) is 2.42. The molecule has 0 aromatic heterocycles. The van der Waals surface area contributed by atoms with Crippen LogP contribution in [0.2, 0.25) is 0 Å². The van der Waals surface area contributed by atoms with Gasteiger partial charge in [-0.1, -0.05) is 6.07 Å². The van der Waals surface area contributed by atoms with Crippen molar-refractivity contribution in [3.05, 3.63) is 47.5 Å². The number of amides is 2. The van der Waals surface area contributed by atoms with Gasteiger partial charge in [0.2, 0.25) is 0 Å². The molecule has 6 nitrogen and oxygen atoms in total. The van der Waals surface area contributed by atoms with Gasteiger partial charge in [-0.25, -0.2) is 4.79 Å². The smallest absolute Gasteiger partial charge is 0.411 e. The second-order valence-corrected chi connectivity index (χ2v) is 5.26. The number of hydrogen-bond acceptors (Lipinski definition) is 4. The minimum atomic E-state index is -0.598. The Morgan fingerprint density at radius 3 is 2.65 bits per heavy atom. The molecule has 0 saturated heterocycles. The highest BCUT2D eigenvalue weighted by Gasteiger charge is 2.26. The Bertz CT molecular complexity index is 801. The van der Waals surface area contributed by atoms with Crippen molar-refractivity contribution in [1.29, 1.82) is 0 Å². The van der Waals surface area contributed by atoms with Gasteiger partial charge < -0.3 is 14.4 Å². The Labute approximate surface area is 133 Å². The molecule has 1 aliphatic heterocycles. The van der Waals surface area contributed by atoms with Crippen molar-refractivity contribution in [2.45, 2.75) is 6.92 Å². The topological polar surface area (TPSA) is 67.9 Å². The molecular formula is C17H16N2O4. The predicted molar refractivity (Wildman–Crippen MR) is 86.5 cm³/mol. The predicted octanol–water partition coefficient (Wildman–Crippen LogP) is 3.56. The second kappa shape index (κ2) is 5.64. The van der Waals surface area contributed by atoms with Crippen molar-refractivity contribution >= 4 is 23.4 Å². The summed E-state index contributed by atoms with van der Waals surface area (Å²) >= 11 is 0. The number of aryl methyl sites for hydroxylation is 1. The summed E-state index contributed by atoms with van der Waals surface area (Å²) in [6.07, 6.45) is -0.598. The SMILES string of the molecule is COC(=O)Nc1ccc2c(c1)C(=O)N(C)c1cc(C)ccc1O2. The first-order valence-corrected chi connectivity index (χ1v) is 7.05. The molecule has 1 heterocycles. The van der Waals surface area contributed by atoms with Crippen LogP contribution in [-0.4, -0.2) is 26.2 Å². The largest absolute Gasteiger partial charge is 0.454 e. The van der Waals surface area contributed by atoms with Crippen molar-refractivity contribution in [2.24, 2.45) is 0 Å². The Hall–Kier alpha value is -3.02. The van der Waals surface area contributed by atoms with Gasteiger partial charge in [-0.05, 0) is 42.8 Å². The molecule has 0 bridgehead atoms. The van der Waals surface area contributed by atoms with E-state index in [0.717, 1.165) is 5.56 Å². The maximum Gasteiger partial charge on any atom is 0.411 e. The van der Waals surface area contributed by atoms with Gasteiger partial charge in [-0.2, -0.15) is 0 Å². The number of anilines is 2. The Balaban J connectivity index is 2.05. The summed E-state index contributed by atoms with van der Waals surface area (Å²) in [6.45, 7) is 1.95. The first kappa shape index (κ1) is 14.9. The molecule has 2 amide bonds. The third-order valence-corrected chi connectivity index (χ3v) is 3.64. The Morgan fingerprint density at radius 2 is 1.91 bits per heavy atom. The van der Waals surface area contributed by atoms with Gasteiger partial charge >= 0.3 is 6.09 Å². The summed E-state index contributed by atoms with van der Waals surface area (Å²) in [4.78, 5) is 25.6. The number of ether oxygens (including phenoxy) is 2. The molecule has 6 heteroatoms. The van der Waals surface area contributed by atoms with E-state index in [1.54, 1.807) is 25.2 Å². The van der Waals surface area contributed by atoms with E-state index in [1.807, 2.05) is 25.1 Å². The summed E-state index contributed by atoms with van der Waals surface area (Å²) in [6, 6.07) is 10.5. The maximum absolute atomic E-state index is 12.7. The summed E-state index contributed by atoms with van der Waals surface area (Å²) in [7, 11) is 2.97. The number of nitrogens with zero attached hydrogens (tertiary/aromatic N) is 1. The fraction of sp³-hybridized carbons (Fsp3) is 0.176. The lowest BCUT2D eigenvalue weighted by Crippen LogP contribution is -2.25. The van der Waals surface area contributed by atoms with E-state index in [2.05, 4.69) is 10.1 Å². The highest BCUT2D eigenvalue weighted by Crippen LogP contribution is 2.39. The van der Waals surface area contributed by atoms with E-state index in [1.165, 1.54) is 12.0 Å². The van der Waals surface area contributed by atoms with Crippen LogP contribution >= 0.6 is 0 Å². The van der Waals surface area contributed by atoms with E-state index >= 15 is 0 Å². The first-order chi connectivity index (χ1) is 11.0. The molecule has 2 aromatic rings. The first-order valence-electron chi connectivity index (χ1n) is 7.05. The third kappa shape index (κ3) is 2.70. The molecule has 118 valence electrons. The average molecular weight is 312 g/mol. The third-order valence-electron chi connectivity index (χ3n) is 3.64. The van der Waals surface area contributed by atoms with Crippen molar-refractivity contribution in [3.63, 3.8) is 0 Å². The molecule has 0 saturated carbocycles. The van der Waals surface area contributed by atoms with Crippen molar-refractivity contribution < 1.29 is 19.1 Å². The zero-order valence-corrected chi connectivity index (χ0v) is 13.0. The van der Waals surface area contributed by atoms with Crippen LogP contribution < -0.4 is 15.0 Å². The molecule has 0 unspecified atom stereocenters. The lowest BCUT2D eigenvalue weighted by molar-refractivity contribution is 0.0993. The van der Waals surface area contributed by atoms with Gasteiger partial charge in [-0.3, -0.25) is 10.1 Å². The number of hydrogen-bond donors (Lipinski definition) is 1. The van der Waals surface area contributed by atoms with E-state index in [0.29, 0.717) is 28.4 Å². The minimum absolute atomic E-state index is 0.210. The molecule has 0 radical (unpaired) electrons. The van der Waals surface area contributed by atoms with Gasteiger partial charge in [0, 0.05) is 12.7 Å². The van der Waals surface area contributed by atoms with Gasteiger partial charge in [0.15, 0.2) is 5.75 Å². The molecule has 23 heavy (non-hydrogen) atoms. The Kier molecular flexibility index (Phi) is 3.65. The van der Waals surface area contributed by atoms with Crippen LogP contribution in [0.4, 0.5) is 16.2 Å². The number of carbonyl (C=O) groups excluding carboxylic acids is 2. The molecular weight excluding hydrogens is 296 g/mol. The molecule has 0 atom stereocenters. The summed E-state index contributed by atoms with van der Waals surface area (Å²) in [5.41, 5.74) is 2.57. The summed E-state index contributed by atoms with van der Waals surface area (Å²) in [5, 5.41) is 2.54. The molecule has 1 aliphatic rings. The number of carbonyl (C=O) groups is 2. The van der Waals surface area contributed by atoms with E-state index < -0.39 is 6.09 Å². The molecule has 2 aromatic carbocycles. The average Bonchev–Trinajstić information content (AvgIpc) is 2.64. The standard InChI is InChI=1S/C17H16N2O4/c1-10-4-6-15-13(8-10)19(2)16(20)12-9-11(18-17(21)22-3)5-7-14(12)23-15/h4-9H,1-3H3,(H,18,21). The van der Waals surface area contributed by atoms with E-state index in [-0.39, 0.29) is 5.91 Å². The molecule has 0 spiro atoms. The number of rotatable bonds is 1. The zero-order chi connectivity index (χ0) is 16.6. The monoisotopic (exact) mass is 312 g/mol. The van der Waals surface area contributed by atoms with Gasteiger partial charge in [-0.15, -0.1) is 0 Å². The van der Waals surface area contributed by atoms with Gasteiger partial charge in [0.25, 0.3) is 5.91 Å². The zero-order valence-electron chi connectivity index (χ0n) is 13.0. The van der Waals surface area contributed by atoms with Gasteiger partial charge in [0.1, 0.15) is 5.75 Å². The quantitative estimate of drug-likeness (QED) is 0.874. The van der Waals surface area contributed by atoms with Crippen LogP contribution in [0.3, 0.4) is 0 Å². The van der Waals surface area contributed by atoms with Crippen LogP contribution in [0, 0.1) is 6.92 Å². The lowest BCUT2D eigenvalue weighted by Gasteiger charge is -2.16. The van der Waals surface area contributed by atoms with Crippen LogP contribution in [0.25, 0.3) is 0 Å². The molecule has 0 aliphatic carbocycles. The number of fused-ring (bicyclic) bond motifs is 2. The number of methoxy groups -OCH3 is 1. The normalized spacial score (nSPS) is 12.7. The van der Waals surface area contributed by atoms with Crippen molar-refractivity contribution in [1.82, 2.24) is 0 Å². The lowest BCUT2D eigenvalue weighted by atomic mass is 10.1. The van der Waals surface area contributed by atoms with Gasteiger partial charge in [0.05, 0.1) is 18.4 Å². The fourth-order valence-corrected chi connectivity index (χ4v) is 2.42. The number of nitrogens with one attached hydrogen (secondary N) is 1. The molecule has 1 N–H and O–H groups in total. The van der Waals surface area contributed by atoms with Crippen LogP contribution in [-0.2, 0) is 4.74 Å². The van der Waals surface area contributed by atoms with E-state index in [9.17, 15) is 9.59 Å². The Morgan fingerprint density at radius 1 is 1.17 bits per heavy atom. The minimum Gasteiger partial charge on any atom is -0.454 e. The summed E-state index contributed by atoms with van der Waals surface area (Å²) < 4.78 is 10.4. The summed E-state index contributed by atoms with van der Waals surface area (Å²) in [5.74, 6) is 0.844. The highest BCUT2D eigenvalue weighted by molar-refractivity contribution is 6.10. The van der Waals surface area contributed by atoms with Crippen molar-refractivity contribution in [3.8, 4) is 11.5 Å². The van der Waals surface area contributed by atoms with Crippen LogP contribution in [0.1, 0.15) is 15.9 Å². The van der Waals surface area contributed by atoms with E-state index in [4.69, 9.17) is 4.74 Å². The molecule has 3 rings (SSSR count). The second-order valence-electron chi connectivity index (χ2n) is 5.26. The van der Waals surface area contributed by atoms with Crippen LogP contribution in [0.15, 0.2) is 36.4 Å².